The summed E-state index contributed by atoms with van der Waals surface area (Å²) in [7, 11) is 0. The molecule has 1 atom stereocenters. The SMILES string of the molecule is Cc1ccc(F)c(OCCC(C)(N)CO)c1. The van der Waals surface area contributed by atoms with E-state index in [2.05, 4.69) is 0 Å². The Morgan fingerprint density at radius 3 is 2.81 bits per heavy atom. The molecule has 3 nitrogen and oxygen atoms in total. The lowest BCUT2D eigenvalue weighted by atomic mass is 10.0. The molecule has 0 saturated heterocycles. The second-order valence-corrected chi connectivity index (χ2v) is 4.34. The Bertz CT molecular complexity index is 353. The molecule has 90 valence electrons. The molecule has 0 aliphatic heterocycles. The first-order valence-electron chi connectivity index (χ1n) is 5.23. The number of ether oxygens (including phenoxy) is 1. The van der Waals surface area contributed by atoms with E-state index in [1.165, 1.54) is 6.07 Å². The van der Waals surface area contributed by atoms with Crippen LogP contribution in [0.3, 0.4) is 0 Å². The third-order valence-corrected chi connectivity index (χ3v) is 2.38. The van der Waals surface area contributed by atoms with E-state index in [4.69, 9.17) is 15.6 Å². The minimum Gasteiger partial charge on any atom is -0.490 e. The summed E-state index contributed by atoms with van der Waals surface area (Å²) in [6, 6.07) is 4.70. The van der Waals surface area contributed by atoms with Crippen molar-refractivity contribution in [2.75, 3.05) is 13.2 Å². The Labute approximate surface area is 95.0 Å². The first-order valence-corrected chi connectivity index (χ1v) is 5.23. The molecule has 1 aromatic rings. The summed E-state index contributed by atoms with van der Waals surface area (Å²) in [6.45, 7) is 3.76. The van der Waals surface area contributed by atoms with E-state index < -0.39 is 5.54 Å². The van der Waals surface area contributed by atoms with Crippen LogP contribution in [0.25, 0.3) is 0 Å². The van der Waals surface area contributed by atoms with Crippen LogP contribution in [0.15, 0.2) is 18.2 Å². The molecule has 0 bridgehead atoms. The maximum Gasteiger partial charge on any atom is 0.165 e. The van der Waals surface area contributed by atoms with Crippen molar-refractivity contribution in [1.29, 1.82) is 0 Å². The molecule has 0 aliphatic carbocycles. The van der Waals surface area contributed by atoms with E-state index >= 15 is 0 Å². The molecule has 0 aliphatic rings. The monoisotopic (exact) mass is 227 g/mol. The molecule has 16 heavy (non-hydrogen) atoms. The van der Waals surface area contributed by atoms with Gasteiger partial charge >= 0.3 is 0 Å². The lowest BCUT2D eigenvalue weighted by Crippen LogP contribution is -2.41. The van der Waals surface area contributed by atoms with Gasteiger partial charge in [0.25, 0.3) is 0 Å². The second kappa shape index (κ2) is 5.27. The Morgan fingerprint density at radius 1 is 1.50 bits per heavy atom. The van der Waals surface area contributed by atoms with E-state index in [1.54, 1.807) is 19.1 Å². The Balaban J connectivity index is 2.52. The van der Waals surface area contributed by atoms with Crippen molar-refractivity contribution in [3.8, 4) is 5.75 Å². The highest BCUT2D eigenvalue weighted by Crippen LogP contribution is 2.19. The molecule has 0 radical (unpaired) electrons. The van der Waals surface area contributed by atoms with Gasteiger partial charge in [-0.05, 0) is 31.5 Å². The number of hydrogen-bond donors (Lipinski definition) is 2. The highest BCUT2D eigenvalue weighted by molar-refractivity contribution is 5.29. The zero-order valence-electron chi connectivity index (χ0n) is 9.66. The van der Waals surface area contributed by atoms with Gasteiger partial charge in [0.15, 0.2) is 11.6 Å². The van der Waals surface area contributed by atoms with Crippen LogP contribution in [-0.4, -0.2) is 23.9 Å². The summed E-state index contributed by atoms with van der Waals surface area (Å²) in [5, 5.41) is 8.94. The number of rotatable bonds is 5. The van der Waals surface area contributed by atoms with Crippen molar-refractivity contribution in [2.24, 2.45) is 5.73 Å². The summed E-state index contributed by atoms with van der Waals surface area (Å²) >= 11 is 0. The van der Waals surface area contributed by atoms with Crippen molar-refractivity contribution < 1.29 is 14.2 Å². The number of aliphatic hydroxyl groups excluding tert-OH is 1. The Morgan fingerprint density at radius 2 is 2.19 bits per heavy atom. The minimum atomic E-state index is -0.680. The number of halogens is 1. The molecule has 0 aromatic heterocycles. The molecule has 0 heterocycles. The van der Waals surface area contributed by atoms with Gasteiger partial charge in [0, 0.05) is 12.0 Å². The van der Waals surface area contributed by atoms with Gasteiger partial charge < -0.3 is 15.6 Å². The van der Waals surface area contributed by atoms with Crippen LogP contribution in [0.5, 0.6) is 5.75 Å². The van der Waals surface area contributed by atoms with Crippen LogP contribution in [0, 0.1) is 12.7 Å². The summed E-state index contributed by atoms with van der Waals surface area (Å²) < 4.78 is 18.6. The average Bonchev–Trinajstić information content (AvgIpc) is 2.23. The smallest absolute Gasteiger partial charge is 0.165 e. The number of nitrogens with two attached hydrogens (primary N) is 1. The topological polar surface area (TPSA) is 55.5 Å². The van der Waals surface area contributed by atoms with Crippen LogP contribution >= 0.6 is 0 Å². The fraction of sp³-hybridized carbons (Fsp3) is 0.500. The van der Waals surface area contributed by atoms with Crippen molar-refractivity contribution in [3.05, 3.63) is 29.6 Å². The van der Waals surface area contributed by atoms with E-state index in [-0.39, 0.29) is 24.8 Å². The number of hydrogen-bond acceptors (Lipinski definition) is 3. The summed E-state index contributed by atoms with van der Waals surface area (Å²) in [4.78, 5) is 0. The molecule has 0 spiro atoms. The van der Waals surface area contributed by atoms with Gasteiger partial charge in [0.05, 0.1) is 13.2 Å². The van der Waals surface area contributed by atoms with Crippen molar-refractivity contribution in [1.82, 2.24) is 0 Å². The molecular formula is C12H18FNO2. The molecule has 1 aromatic carbocycles. The highest BCUT2D eigenvalue weighted by Gasteiger charge is 2.17. The normalized spacial score (nSPS) is 14.6. The Hall–Kier alpha value is -1.13. The molecule has 1 rings (SSSR count). The van der Waals surface area contributed by atoms with Crippen molar-refractivity contribution >= 4 is 0 Å². The van der Waals surface area contributed by atoms with Crippen molar-refractivity contribution in [3.63, 3.8) is 0 Å². The first kappa shape index (κ1) is 12.9. The zero-order valence-corrected chi connectivity index (χ0v) is 9.66. The summed E-state index contributed by atoms with van der Waals surface area (Å²) in [6.07, 6.45) is 0.469. The number of aliphatic hydroxyl groups is 1. The van der Waals surface area contributed by atoms with Crippen LogP contribution in [-0.2, 0) is 0 Å². The van der Waals surface area contributed by atoms with E-state index in [0.717, 1.165) is 5.56 Å². The van der Waals surface area contributed by atoms with E-state index in [9.17, 15) is 4.39 Å². The zero-order chi connectivity index (χ0) is 12.2. The predicted molar refractivity (Wildman–Crippen MR) is 60.9 cm³/mol. The molecule has 0 saturated carbocycles. The van der Waals surface area contributed by atoms with Crippen molar-refractivity contribution in [2.45, 2.75) is 25.8 Å². The van der Waals surface area contributed by atoms with Gasteiger partial charge in [0.1, 0.15) is 0 Å². The fourth-order valence-corrected chi connectivity index (χ4v) is 1.19. The third-order valence-electron chi connectivity index (χ3n) is 2.38. The van der Waals surface area contributed by atoms with Gasteiger partial charge in [-0.15, -0.1) is 0 Å². The number of aryl methyl sites for hydroxylation is 1. The fourth-order valence-electron chi connectivity index (χ4n) is 1.19. The Kier molecular flexibility index (Phi) is 4.26. The maximum absolute atomic E-state index is 13.3. The lowest BCUT2D eigenvalue weighted by molar-refractivity contribution is 0.173. The summed E-state index contributed by atoms with van der Waals surface area (Å²) in [5.74, 6) is -0.151. The van der Waals surface area contributed by atoms with Crippen LogP contribution < -0.4 is 10.5 Å². The van der Waals surface area contributed by atoms with Crippen LogP contribution in [0.1, 0.15) is 18.9 Å². The third kappa shape index (κ3) is 3.79. The van der Waals surface area contributed by atoms with Gasteiger partial charge in [-0.2, -0.15) is 0 Å². The van der Waals surface area contributed by atoms with Crippen LogP contribution in [0.4, 0.5) is 4.39 Å². The van der Waals surface area contributed by atoms with Gasteiger partial charge in [-0.1, -0.05) is 6.07 Å². The second-order valence-electron chi connectivity index (χ2n) is 4.34. The quantitative estimate of drug-likeness (QED) is 0.803. The number of benzene rings is 1. The van der Waals surface area contributed by atoms with E-state index in [0.29, 0.717) is 6.42 Å². The van der Waals surface area contributed by atoms with Gasteiger partial charge in [0.2, 0.25) is 0 Å². The standard InChI is InChI=1S/C12H18FNO2/c1-9-3-4-10(13)11(7-9)16-6-5-12(2,14)8-15/h3-4,7,15H,5-6,8,14H2,1-2H3. The highest BCUT2D eigenvalue weighted by atomic mass is 19.1. The lowest BCUT2D eigenvalue weighted by Gasteiger charge is -2.21. The maximum atomic E-state index is 13.3. The molecule has 1 unspecified atom stereocenters. The molecule has 0 fully saturated rings. The van der Waals surface area contributed by atoms with Crippen LogP contribution in [0.2, 0.25) is 0 Å². The van der Waals surface area contributed by atoms with Gasteiger partial charge in [-0.3, -0.25) is 0 Å². The summed E-state index contributed by atoms with van der Waals surface area (Å²) in [5.41, 5.74) is 5.98. The average molecular weight is 227 g/mol. The van der Waals surface area contributed by atoms with Gasteiger partial charge in [-0.25, -0.2) is 4.39 Å². The predicted octanol–water partition coefficient (Wildman–Crippen LogP) is 1.61. The first-order chi connectivity index (χ1) is 7.44. The molecule has 3 N–H and O–H groups in total. The minimum absolute atomic E-state index is 0.118. The molecule has 4 heteroatoms. The molecular weight excluding hydrogens is 209 g/mol. The molecule has 0 amide bonds. The van der Waals surface area contributed by atoms with E-state index in [1.807, 2.05) is 6.92 Å². The largest absolute Gasteiger partial charge is 0.490 e.